The maximum Gasteiger partial charge on any atom is 0.0477 e. The van der Waals surface area contributed by atoms with Crippen molar-refractivity contribution in [2.24, 2.45) is 0 Å². The number of hydrogen-bond acceptors (Lipinski definition) is 3. The fourth-order valence-electron chi connectivity index (χ4n) is 4.12. The molecule has 2 aliphatic rings. The Hall–Kier alpha value is -0.120. The second-order valence-electron chi connectivity index (χ2n) is 6.97. The van der Waals surface area contributed by atoms with Crippen molar-refractivity contribution in [1.82, 2.24) is 10.2 Å². The molecule has 0 aromatic heterocycles. The van der Waals surface area contributed by atoms with Gasteiger partial charge in [0.25, 0.3) is 0 Å². The smallest absolute Gasteiger partial charge is 0.0477 e. The Balaban J connectivity index is 2.00. The maximum atomic E-state index is 5.29. The lowest BCUT2D eigenvalue weighted by Crippen LogP contribution is -2.66. The molecule has 2 rings (SSSR count). The van der Waals surface area contributed by atoms with Crippen molar-refractivity contribution in [1.29, 1.82) is 0 Å². The molecule has 0 aromatic rings. The summed E-state index contributed by atoms with van der Waals surface area (Å²) < 4.78 is 5.29. The van der Waals surface area contributed by atoms with E-state index in [1.807, 2.05) is 7.11 Å². The first-order chi connectivity index (χ1) is 9.71. The van der Waals surface area contributed by atoms with E-state index < -0.39 is 0 Å². The number of nitrogens with one attached hydrogen (secondary N) is 1. The molecule has 0 aromatic carbocycles. The average Bonchev–Trinajstić information content (AvgIpc) is 2.48. The van der Waals surface area contributed by atoms with Gasteiger partial charge < -0.3 is 10.1 Å². The van der Waals surface area contributed by atoms with E-state index in [0.29, 0.717) is 11.6 Å². The third-order valence-corrected chi connectivity index (χ3v) is 5.41. The predicted octanol–water partition coefficient (Wildman–Crippen LogP) is 3.19. The van der Waals surface area contributed by atoms with E-state index in [1.165, 1.54) is 58.0 Å². The number of nitrogens with zero attached hydrogens (tertiary/aromatic N) is 1. The molecule has 0 bridgehead atoms. The van der Waals surface area contributed by atoms with E-state index >= 15 is 0 Å². The Bertz CT molecular complexity index is 276. The number of ether oxygens (including phenoxy) is 1. The molecule has 1 spiro atoms. The van der Waals surface area contributed by atoms with Gasteiger partial charge in [0.1, 0.15) is 0 Å². The summed E-state index contributed by atoms with van der Waals surface area (Å²) in [7, 11) is 1.82. The Kier molecular flexibility index (Phi) is 6.31. The van der Waals surface area contributed by atoms with Crippen LogP contribution in [0.3, 0.4) is 0 Å². The summed E-state index contributed by atoms with van der Waals surface area (Å²) in [6.07, 6.45) is 10.8. The standard InChI is InChI=1S/C17H34N2O/c1-4-8-16-13-18-17(10-6-5-7-11-17)14-19(16)15(2)9-12-20-3/h15-16,18H,4-14H2,1-3H3. The minimum atomic E-state index is 0.420. The Labute approximate surface area is 125 Å². The molecule has 1 saturated carbocycles. The average molecular weight is 282 g/mol. The van der Waals surface area contributed by atoms with E-state index in [9.17, 15) is 0 Å². The van der Waals surface area contributed by atoms with Gasteiger partial charge in [-0.25, -0.2) is 0 Å². The van der Waals surface area contributed by atoms with Crippen LogP contribution in [0.5, 0.6) is 0 Å². The first-order valence-corrected chi connectivity index (χ1v) is 8.70. The van der Waals surface area contributed by atoms with Crippen LogP contribution in [0.2, 0.25) is 0 Å². The second-order valence-corrected chi connectivity index (χ2v) is 6.97. The quantitative estimate of drug-likeness (QED) is 0.810. The first-order valence-electron chi connectivity index (χ1n) is 8.70. The van der Waals surface area contributed by atoms with Crippen molar-refractivity contribution >= 4 is 0 Å². The van der Waals surface area contributed by atoms with Crippen LogP contribution in [0.1, 0.15) is 65.2 Å². The highest BCUT2D eigenvalue weighted by Crippen LogP contribution is 2.33. The van der Waals surface area contributed by atoms with Crippen molar-refractivity contribution in [3.63, 3.8) is 0 Å². The lowest BCUT2D eigenvalue weighted by Gasteiger charge is -2.51. The van der Waals surface area contributed by atoms with E-state index in [2.05, 4.69) is 24.1 Å². The molecule has 1 aliphatic carbocycles. The molecule has 1 N–H and O–H groups in total. The summed E-state index contributed by atoms with van der Waals surface area (Å²) in [6, 6.07) is 1.37. The van der Waals surface area contributed by atoms with Crippen molar-refractivity contribution in [2.45, 2.75) is 82.8 Å². The molecule has 1 heterocycles. The molecule has 0 radical (unpaired) electrons. The van der Waals surface area contributed by atoms with E-state index in [-0.39, 0.29) is 0 Å². The van der Waals surface area contributed by atoms with E-state index in [4.69, 9.17) is 4.74 Å². The summed E-state index contributed by atoms with van der Waals surface area (Å²) in [5, 5.41) is 3.94. The zero-order valence-electron chi connectivity index (χ0n) is 13.8. The normalized spacial score (nSPS) is 28.6. The van der Waals surface area contributed by atoms with Crippen LogP contribution < -0.4 is 5.32 Å². The molecule has 118 valence electrons. The lowest BCUT2D eigenvalue weighted by atomic mass is 9.78. The van der Waals surface area contributed by atoms with Crippen molar-refractivity contribution < 1.29 is 4.74 Å². The predicted molar refractivity (Wildman–Crippen MR) is 85.2 cm³/mol. The molecule has 2 fully saturated rings. The molecule has 3 nitrogen and oxygen atoms in total. The molecule has 2 unspecified atom stereocenters. The number of rotatable bonds is 6. The topological polar surface area (TPSA) is 24.5 Å². The zero-order chi connectivity index (χ0) is 14.4. The molecule has 1 saturated heterocycles. The van der Waals surface area contributed by atoms with E-state index in [0.717, 1.165) is 19.1 Å². The zero-order valence-corrected chi connectivity index (χ0v) is 13.8. The Morgan fingerprint density at radius 3 is 2.70 bits per heavy atom. The number of piperazine rings is 1. The third-order valence-electron chi connectivity index (χ3n) is 5.41. The molecule has 2 atom stereocenters. The highest BCUT2D eigenvalue weighted by Gasteiger charge is 2.40. The van der Waals surface area contributed by atoms with Crippen LogP contribution in [-0.4, -0.2) is 49.3 Å². The maximum absolute atomic E-state index is 5.29. The number of methoxy groups -OCH3 is 1. The minimum Gasteiger partial charge on any atom is -0.385 e. The molecule has 1 aliphatic heterocycles. The van der Waals surface area contributed by atoms with Gasteiger partial charge in [-0.2, -0.15) is 0 Å². The van der Waals surface area contributed by atoms with Crippen molar-refractivity contribution in [3.05, 3.63) is 0 Å². The third kappa shape index (κ3) is 3.96. The van der Waals surface area contributed by atoms with Crippen LogP contribution in [-0.2, 0) is 4.74 Å². The van der Waals surface area contributed by atoms with Gasteiger partial charge in [0.2, 0.25) is 0 Å². The SMILES string of the molecule is CCCC1CNC2(CCCCC2)CN1C(C)CCOC. The van der Waals surface area contributed by atoms with Crippen LogP contribution in [0.25, 0.3) is 0 Å². The molecular formula is C17H34N2O. The van der Waals surface area contributed by atoms with Gasteiger partial charge in [-0.1, -0.05) is 32.6 Å². The van der Waals surface area contributed by atoms with Crippen LogP contribution in [0.15, 0.2) is 0 Å². The summed E-state index contributed by atoms with van der Waals surface area (Å²) in [5.74, 6) is 0. The molecule has 3 heteroatoms. The fourth-order valence-corrected chi connectivity index (χ4v) is 4.12. The van der Waals surface area contributed by atoms with Crippen molar-refractivity contribution in [2.75, 3.05) is 26.8 Å². The fraction of sp³-hybridized carbons (Fsp3) is 1.00. The monoisotopic (exact) mass is 282 g/mol. The van der Waals surface area contributed by atoms with Gasteiger partial charge in [0, 0.05) is 44.4 Å². The van der Waals surface area contributed by atoms with Gasteiger partial charge in [-0.05, 0) is 32.6 Å². The molecule has 20 heavy (non-hydrogen) atoms. The second kappa shape index (κ2) is 7.77. The summed E-state index contributed by atoms with van der Waals surface area (Å²) in [5.41, 5.74) is 0.420. The van der Waals surface area contributed by atoms with Gasteiger partial charge >= 0.3 is 0 Å². The minimum absolute atomic E-state index is 0.420. The summed E-state index contributed by atoms with van der Waals surface area (Å²) in [4.78, 5) is 2.80. The van der Waals surface area contributed by atoms with Gasteiger partial charge in [0.15, 0.2) is 0 Å². The molecular weight excluding hydrogens is 248 g/mol. The largest absolute Gasteiger partial charge is 0.385 e. The van der Waals surface area contributed by atoms with Gasteiger partial charge in [0.05, 0.1) is 0 Å². The van der Waals surface area contributed by atoms with Crippen LogP contribution in [0, 0.1) is 0 Å². The highest BCUT2D eigenvalue weighted by molar-refractivity contribution is 5.00. The molecule has 0 amide bonds. The summed E-state index contributed by atoms with van der Waals surface area (Å²) >= 11 is 0. The van der Waals surface area contributed by atoms with Crippen LogP contribution >= 0.6 is 0 Å². The summed E-state index contributed by atoms with van der Waals surface area (Å²) in [6.45, 7) is 8.02. The highest BCUT2D eigenvalue weighted by atomic mass is 16.5. The van der Waals surface area contributed by atoms with Crippen LogP contribution in [0.4, 0.5) is 0 Å². The lowest BCUT2D eigenvalue weighted by molar-refractivity contribution is 0.0158. The number of hydrogen-bond donors (Lipinski definition) is 1. The van der Waals surface area contributed by atoms with Gasteiger partial charge in [-0.15, -0.1) is 0 Å². The first kappa shape index (κ1) is 16.3. The van der Waals surface area contributed by atoms with Crippen molar-refractivity contribution in [3.8, 4) is 0 Å². The Morgan fingerprint density at radius 1 is 1.30 bits per heavy atom. The Morgan fingerprint density at radius 2 is 2.05 bits per heavy atom. The van der Waals surface area contributed by atoms with E-state index in [1.54, 1.807) is 0 Å². The van der Waals surface area contributed by atoms with Gasteiger partial charge in [-0.3, -0.25) is 4.90 Å².